The number of likely N-dealkylation sites (tertiary alicyclic amines) is 1. The van der Waals surface area contributed by atoms with Gasteiger partial charge in [0.05, 0.1) is 7.11 Å². The number of H-pyrrole nitrogens is 1. The Balaban J connectivity index is 1.33. The zero-order valence-corrected chi connectivity index (χ0v) is 24.9. The molecule has 2 atom stereocenters. The standard InChI is InChI=1S/C34H41N5O3/c1-23(29-21-35-30-14-7-5-13-28(29)30)32(33(40)36-26-11-9-10-24(20-26)22-38(2)3)37-34(41)39-18-16-25(17-19-39)27-12-6-8-15-31(27)42-4/h5-15,20-21,23,25,32,35H,16-19,22H2,1-4H3,(H,36,40)(H,37,41)/t23-,32+/m0/s1. The number of benzene rings is 3. The number of fused-ring (bicyclic) bond motifs is 1. The SMILES string of the molecule is COc1ccccc1C1CCN(C(=O)N[C@@H](C(=O)Nc2cccc(CN(C)C)c2)[C@@H](C)c2c[nH]c3ccccc23)CC1. The highest BCUT2D eigenvalue weighted by Gasteiger charge is 2.33. The van der Waals surface area contributed by atoms with Crippen LogP contribution in [0.4, 0.5) is 10.5 Å². The number of nitrogens with one attached hydrogen (secondary N) is 3. The van der Waals surface area contributed by atoms with Gasteiger partial charge < -0.3 is 30.2 Å². The molecule has 8 heteroatoms. The molecule has 0 spiro atoms. The first-order valence-electron chi connectivity index (χ1n) is 14.6. The topological polar surface area (TPSA) is 89.7 Å². The maximum Gasteiger partial charge on any atom is 0.318 e. The average molecular weight is 568 g/mol. The molecule has 3 aromatic carbocycles. The second-order valence-corrected chi connectivity index (χ2v) is 11.4. The summed E-state index contributed by atoms with van der Waals surface area (Å²) >= 11 is 0. The Labute approximate surface area is 248 Å². The number of amides is 3. The number of carbonyl (C=O) groups is 2. The number of carbonyl (C=O) groups excluding carboxylic acids is 2. The predicted molar refractivity (Wildman–Crippen MR) is 168 cm³/mol. The number of aromatic amines is 1. The smallest absolute Gasteiger partial charge is 0.318 e. The Hall–Kier alpha value is -4.30. The average Bonchev–Trinajstić information content (AvgIpc) is 3.43. The molecule has 0 aliphatic carbocycles. The number of aromatic nitrogens is 1. The van der Waals surface area contributed by atoms with Crippen LogP contribution >= 0.6 is 0 Å². The lowest BCUT2D eigenvalue weighted by atomic mass is 9.89. The van der Waals surface area contributed by atoms with E-state index in [0.717, 1.165) is 47.2 Å². The van der Waals surface area contributed by atoms with Crippen molar-refractivity contribution in [1.29, 1.82) is 0 Å². The molecule has 42 heavy (non-hydrogen) atoms. The Morgan fingerprint density at radius 1 is 1.02 bits per heavy atom. The van der Waals surface area contributed by atoms with Gasteiger partial charge in [-0.15, -0.1) is 0 Å². The predicted octanol–water partition coefficient (Wildman–Crippen LogP) is 5.94. The van der Waals surface area contributed by atoms with Crippen LogP contribution in [0.3, 0.4) is 0 Å². The van der Waals surface area contributed by atoms with E-state index in [-0.39, 0.29) is 17.9 Å². The summed E-state index contributed by atoms with van der Waals surface area (Å²) in [7, 11) is 5.72. The van der Waals surface area contributed by atoms with Crippen molar-refractivity contribution in [3.63, 3.8) is 0 Å². The highest BCUT2D eigenvalue weighted by Crippen LogP contribution is 2.34. The van der Waals surface area contributed by atoms with Gasteiger partial charge >= 0.3 is 6.03 Å². The summed E-state index contributed by atoms with van der Waals surface area (Å²) in [6.07, 6.45) is 3.61. The first kappa shape index (κ1) is 29.2. The fraction of sp³-hybridized carbons (Fsp3) is 0.353. The third-order valence-corrected chi connectivity index (χ3v) is 8.23. The fourth-order valence-corrected chi connectivity index (χ4v) is 6.02. The molecule has 1 saturated heterocycles. The van der Waals surface area contributed by atoms with Gasteiger partial charge in [0.1, 0.15) is 11.8 Å². The summed E-state index contributed by atoms with van der Waals surface area (Å²) < 4.78 is 5.58. The summed E-state index contributed by atoms with van der Waals surface area (Å²) in [6, 6.07) is 23.0. The van der Waals surface area contributed by atoms with E-state index in [4.69, 9.17) is 4.74 Å². The summed E-state index contributed by atoms with van der Waals surface area (Å²) in [5.74, 6) is 0.691. The van der Waals surface area contributed by atoms with Gasteiger partial charge in [-0.2, -0.15) is 0 Å². The molecule has 1 aliphatic heterocycles. The Kier molecular flexibility index (Phi) is 9.12. The van der Waals surface area contributed by atoms with E-state index in [9.17, 15) is 9.59 Å². The van der Waals surface area contributed by atoms with E-state index in [1.165, 1.54) is 5.56 Å². The summed E-state index contributed by atoms with van der Waals surface area (Å²) in [4.78, 5) is 34.7. The van der Waals surface area contributed by atoms with Crippen LogP contribution in [-0.4, -0.2) is 67.1 Å². The Bertz CT molecular complexity index is 1520. The lowest BCUT2D eigenvalue weighted by Crippen LogP contribution is -2.53. The molecule has 2 heterocycles. The lowest BCUT2D eigenvalue weighted by molar-refractivity contribution is -0.118. The number of urea groups is 1. The molecule has 8 nitrogen and oxygen atoms in total. The van der Waals surface area contributed by atoms with Crippen LogP contribution in [0.5, 0.6) is 5.75 Å². The van der Waals surface area contributed by atoms with Crippen molar-refractivity contribution in [1.82, 2.24) is 20.1 Å². The lowest BCUT2D eigenvalue weighted by Gasteiger charge is -2.34. The van der Waals surface area contributed by atoms with Gasteiger partial charge in [-0.1, -0.05) is 55.5 Å². The first-order valence-corrected chi connectivity index (χ1v) is 14.6. The maximum absolute atomic E-state index is 13.9. The zero-order valence-electron chi connectivity index (χ0n) is 24.9. The van der Waals surface area contributed by atoms with Crippen molar-refractivity contribution in [2.75, 3.05) is 39.6 Å². The molecule has 0 bridgehead atoms. The zero-order chi connectivity index (χ0) is 29.6. The minimum absolute atomic E-state index is 0.221. The number of methoxy groups -OCH3 is 1. The van der Waals surface area contributed by atoms with Crippen molar-refractivity contribution < 1.29 is 14.3 Å². The molecule has 0 radical (unpaired) electrons. The van der Waals surface area contributed by atoms with Gasteiger partial charge in [-0.05, 0) is 73.8 Å². The summed E-state index contributed by atoms with van der Waals surface area (Å²) in [5.41, 5.74) is 4.98. The number of hydrogen-bond acceptors (Lipinski definition) is 4. The van der Waals surface area contributed by atoms with Gasteiger partial charge in [0.25, 0.3) is 0 Å². The molecule has 0 saturated carbocycles. The Morgan fingerprint density at radius 3 is 2.52 bits per heavy atom. The molecular formula is C34H41N5O3. The monoisotopic (exact) mass is 567 g/mol. The van der Waals surface area contributed by atoms with Crippen LogP contribution in [0.15, 0.2) is 79.0 Å². The molecule has 3 amide bonds. The molecular weight excluding hydrogens is 526 g/mol. The van der Waals surface area contributed by atoms with Gasteiger partial charge in [0, 0.05) is 48.3 Å². The highest BCUT2D eigenvalue weighted by molar-refractivity contribution is 5.98. The van der Waals surface area contributed by atoms with Crippen LogP contribution in [0.1, 0.15) is 48.3 Å². The van der Waals surface area contributed by atoms with E-state index in [1.54, 1.807) is 7.11 Å². The summed E-state index contributed by atoms with van der Waals surface area (Å²) in [6.45, 7) is 3.98. The van der Waals surface area contributed by atoms with E-state index in [1.807, 2.05) is 98.8 Å². The highest BCUT2D eigenvalue weighted by atomic mass is 16.5. The fourth-order valence-electron chi connectivity index (χ4n) is 6.02. The third-order valence-electron chi connectivity index (χ3n) is 8.23. The van der Waals surface area contributed by atoms with Gasteiger partial charge in [-0.25, -0.2) is 4.79 Å². The van der Waals surface area contributed by atoms with Crippen molar-refractivity contribution in [2.24, 2.45) is 0 Å². The first-order chi connectivity index (χ1) is 20.3. The van der Waals surface area contributed by atoms with E-state index >= 15 is 0 Å². The number of nitrogens with zero attached hydrogens (tertiary/aromatic N) is 2. The number of anilines is 1. The van der Waals surface area contributed by atoms with E-state index in [0.29, 0.717) is 24.7 Å². The van der Waals surface area contributed by atoms with Crippen LogP contribution in [0.2, 0.25) is 0 Å². The minimum Gasteiger partial charge on any atom is -0.496 e. The molecule has 0 unspecified atom stereocenters. The van der Waals surface area contributed by atoms with Crippen molar-refractivity contribution in [2.45, 2.75) is 44.2 Å². The molecule has 1 fully saturated rings. The molecule has 4 aromatic rings. The van der Waals surface area contributed by atoms with Gasteiger partial charge in [-0.3, -0.25) is 4.79 Å². The quantitative estimate of drug-likeness (QED) is 0.234. The molecule has 1 aromatic heterocycles. The molecule has 1 aliphatic rings. The molecule has 3 N–H and O–H groups in total. The second-order valence-electron chi connectivity index (χ2n) is 11.4. The van der Waals surface area contributed by atoms with E-state index < -0.39 is 6.04 Å². The van der Waals surface area contributed by atoms with Crippen molar-refractivity contribution in [3.8, 4) is 5.75 Å². The van der Waals surface area contributed by atoms with Crippen LogP contribution in [0, 0.1) is 0 Å². The largest absolute Gasteiger partial charge is 0.496 e. The number of rotatable bonds is 9. The number of piperidine rings is 1. The summed E-state index contributed by atoms with van der Waals surface area (Å²) in [5, 5.41) is 7.24. The van der Waals surface area contributed by atoms with Crippen molar-refractivity contribution >= 4 is 28.5 Å². The molecule has 220 valence electrons. The maximum atomic E-state index is 13.9. The third kappa shape index (κ3) is 6.60. The minimum atomic E-state index is -0.777. The van der Waals surface area contributed by atoms with Crippen LogP contribution < -0.4 is 15.4 Å². The van der Waals surface area contributed by atoms with E-state index in [2.05, 4.69) is 26.6 Å². The van der Waals surface area contributed by atoms with Crippen LogP contribution in [0.25, 0.3) is 10.9 Å². The number of hydrogen-bond donors (Lipinski definition) is 3. The van der Waals surface area contributed by atoms with Gasteiger partial charge in [0.2, 0.25) is 5.91 Å². The number of ether oxygens (including phenoxy) is 1. The number of para-hydroxylation sites is 2. The second kappa shape index (κ2) is 13.1. The van der Waals surface area contributed by atoms with Gasteiger partial charge in [0.15, 0.2) is 0 Å². The normalized spacial score (nSPS) is 15.4. The molecule has 5 rings (SSSR count). The van der Waals surface area contributed by atoms with Crippen molar-refractivity contribution in [3.05, 3.63) is 95.7 Å². The Morgan fingerprint density at radius 2 is 1.76 bits per heavy atom. The van der Waals surface area contributed by atoms with Crippen LogP contribution in [-0.2, 0) is 11.3 Å².